The Labute approximate surface area is 141 Å². The fraction of sp³-hybridized carbons (Fsp3) is 0.500. The molecule has 3 rings (SSSR count). The quantitative estimate of drug-likeness (QED) is 0.825. The summed E-state index contributed by atoms with van der Waals surface area (Å²) in [5.74, 6) is -0.124. The number of hydrogen-bond acceptors (Lipinski definition) is 3. The van der Waals surface area contributed by atoms with Crippen LogP contribution in [0.1, 0.15) is 48.5 Å². The Kier molecular flexibility index (Phi) is 4.55. The van der Waals surface area contributed by atoms with Crippen molar-refractivity contribution in [1.29, 1.82) is 0 Å². The van der Waals surface area contributed by atoms with E-state index >= 15 is 0 Å². The fourth-order valence-corrected chi connectivity index (χ4v) is 3.30. The summed E-state index contributed by atoms with van der Waals surface area (Å²) in [4.78, 5) is 37.4. The average molecular weight is 329 g/mol. The molecular formula is C18H23N3O3. The van der Waals surface area contributed by atoms with Gasteiger partial charge in [0.25, 0.3) is 5.91 Å². The van der Waals surface area contributed by atoms with Crippen molar-refractivity contribution in [2.24, 2.45) is 11.7 Å². The molecule has 1 aromatic rings. The molecule has 6 heteroatoms. The third-order valence-electron chi connectivity index (χ3n) is 4.77. The van der Waals surface area contributed by atoms with Crippen LogP contribution in [0.25, 0.3) is 0 Å². The second-order valence-electron chi connectivity index (χ2n) is 6.58. The highest BCUT2D eigenvalue weighted by atomic mass is 16.2. The van der Waals surface area contributed by atoms with Gasteiger partial charge in [-0.05, 0) is 48.9 Å². The molecule has 0 aromatic heterocycles. The van der Waals surface area contributed by atoms with E-state index in [-0.39, 0.29) is 24.3 Å². The van der Waals surface area contributed by atoms with Crippen molar-refractivity contribution >= 4 is 23.4 Å². The Balaban J connectivity index is 1.72. The predicted molar refractivity (Wildman–Crippen MR) is 90.6 cm³/mol. The molecule has 0 saturated heterocycles. The second kappa shape index (κ2) is 6.63. The van der Waals surface area contributed by atoms with Crippen LogP contribution in [0.4, 0.5) is 5.69 Å². The number of amides is 3. The van der Waals surface area contributed by atoms with Gasteiger partial charge in [0.05, 0.1) is 0 Å². The van der Waals surface area contributed by atoms with Crippen molar-refractivity contribution in [2.45, 2.75) is 45.1 Å². The lowest BCUT2D eigenvalue weighted by molar-refractivity contribution is -0.119. The van der Waals surface area contributed by atoms with E-state index in [9.17, 15) is 14.4 Å². The van der Waals surface area contributed by atoms with Crippen LogP contribution in [0.5, 0.6) is 0 Å². The highest BCUT2D eigenvalue weighted by Gasteiger charge is 2.33. The molecule has 2 aliphatic rings. The van der Waals surface area contributed by atoms with Crippen molar-refractivity contribution in [1.82, 2.24) is 5.32 Å². The number of carbonyl (C=O) groups is 3. The minimum Gasteiger partial charge on any atom is -0.370 e. The second-order valence-corrected chi connectivity index (χ2v) is 6.58. The van der Waals surface area contributed by atoms with E-state index in [0.29, 0.717) is 24.4 Å². The molecule has 3 N–H and O–H groups in total. The van der Waals surface area contributed by atoms with Crippen LogP contribution in [0.2, 0.25) is 0 Å². The first kappa shape index (κ1) is 16.5. The molecule has 0 unspecified atom stereocenters. The van der Waals surface area contributed by atoms with Gasteiger partial charge in [0.2, 0.25) is 11.8 Å². The molecule has 24 heavy (non-hydrogen) atoms. The Morgan fingerprint density at radius 1 is 1.33 bits per heavy atom. The average Bonchev–Trinajstić information content (AvgIpc) is 3.32. The molecule has 3 amide bonds. The number of rotatable bonds is 6. The van der Waals surface area contributed by atoms with E-state index < -0.39 is 5.91 Å². The Morgan fingerprint density at radius 3 is 2.71 bits per heavy atom. The van der Waals surface area contributed by atoms with Crippen molar-refractivity contribution in [3.8, 4) is 0 Å². The molecule has 6 nitrogen and oxygen atoms in total. The molecule has 128 valence electrons. The van der Waals surface area contributed by atoms with Crippen LogP contribution < -0.4 is 16.0 Å². The maximum absolute atomic E-state index is 12.5. The number of hydrogen-bond donors (Lipinski definition) is 2. The largest absolute Gasteiger partial charge is 0.370 e. The summed E-state index contributed by atoms with van der Waals surface area (Å²) in [6.45, 7) is 2.51. The van der Waals surface area contributed by atoms with Crippen molar-refractivity contribution in [3.63, 3.8) is 0 Å². The van der Waals surface area contributed by atoms with Gasteiger partial charge in [0.1, 0.15) is 0 Å². The standard InChI is InChI=1S/C18H23N3O3/c1-2-17(23)21-8-7-12-9-13(5-6-15(12)21)18(24)20-14(10-16(19)22)11-3-4-11/h5-6,9,11,14H,2-4,7-8,10H2,1H3,(H2,19,22)(H,20,24)/t14-/m1/s1. The first-order valence-corrected chi connectivity index (χ1v) is 8.52. The van der Waals surface area contributed by atoms with E-state index in [4.69, 9.17) is 5.73 Å². The molecule has 1 saturated carbocycles. The summed E-state index contributed by atoms with van der Waals surface area (Å²) in [6, 6.07) is 5.25. The van der Waals surface area contributed by atoms with Crippen LogP contribution in [-0.4, -0.2) is 30.3 Å². The molecule has 0 radical (unpaired) electrons. The summed E-state index contributed by atoms with van der Waals surface area (Å²) in [6.07, 6.45) is 3.46. The van der Waals surface area contributed by atoms with Gasteiger partial charge in [-0.25, -0.2) is 0 Å². The molecule has 1 aliphatic carbocycles. The minimum absolute atomic E-state index is 0.0983. The number of anilines is 1. The number of carbonyl (C=O) groups excluding carboxylic acids is 3. The minimum atomic E-state index is -0.394. The molecule has 0 spiro atoms. The number of nitrogens with zero attached hydrogens (tertiary/aromatic N) is 1. The molecule has 1 fully saturated rings. The topological polar surface area (TPSA) is 92.5 Å². The van der Waals surface area contributed by atoms with Crippen LogP contribution in [0.15, 0.2) is 18.2 Å². The molecule has 1 atom stereocenters. The lowest BCUT2D eigenvalue weighted by atomic mass is 10.1. The molecular weight excluding hydrogens is 306 g/mol. The van der Waals surface area contributed by atoms with Gasteiger partial charge in [-0.3, -0.25) is 14.4 Å². The molecule has 0 bridgehead atoms. The first-order chi connectivity index (χ1) is 11.5. The van der Waals surface area contributed by atoms with Gasteiger partial charge in [0, 0.05) is 36.7 Å². The van der Waals surface area contributed by atoms with E-state index in [1.165, 1.54) is 0 Å². The van der Waals surface area contributed by atoms with Crippen LogP contribution in [-0.2, 0) is 16.0 Å². The zero-order valence-corrected chi connectivity index (χ0v) is 13.9. The number of primary amides is 1. The predicted octanol–water partition coefficient (Wildman–Crippen LogP) is 1.37. The zero-order chi connectivity index (χ0) is 17.3. The van der Waals surface area contributed by atoms with Crippen molar-refractivity contribution < 1.29 is 14.4 Å². The third-order valence-corrected chi connectivity index (χ3v) is 4.77. The van der Waals surface area contributed by atoms with Crippen molar-refractivity contribution in [3.05, 3.63) is 29.3 Å². The molecule has 1 aromatic carbocycles. The van der Waals surface area contributed by atoms with Gasteiger partial charge in [-0.2, -0.15) is 0 Å². The summed E-state index contributed by atoms with van der Waals surface area (Å²) in [5, 5.41) is 2.94. The fourth-order valence-electron chi connectivity index (χ4n) is 3.30. The summed E-state index contributed by atoms with van der Waals surface area (Å²) >= 11 is 0. The van der Waals surface area contributed by atoms with Gasteiger partial charge in [0.15, 0.2) is 0 Å². The smallest absolute Gasteiger partial charge is 0.251 e. The molecule has 1 heterocycles. The van der Waals surface area contributed by atoms with Gasteiger partial charge < -0.3 is 16.0 Å². The number of fused-ring (bicyclic) bond motifs is 1. The van der Waals surface area contributed by atoms with Gasteiger partial charge in [-0.15, -0.1) is 0 Å². The van der Waals surface area contributed by atoms with Crippen LogP contribution in [0.3, 0.4) is 0 Å². The Bertz CT molecular complexity index is 682. The van der Waals surface area contributed by atoms with Crippen LogP contribution in [0, 0.1) is 5.92 Å². The first-order valence-electron chi connectivity index (χ1n) is 8.52. The van der Waals surface area contributed by atoms with E-state index in [2.05, 4.69) is 5.32 Å². The number of benzene rings is 1. The highest BCUT2D eigenvalue weighted by Crippen LogP contribution is 2.34. The lowest BCUT2D eigenvalue weighted by Crippen LogP contribution is -2.39. The number of nitrogens with one attached hydrogen (secondary N) is 1. The summed E-state index contributed by atoms with van der Waals surface area (Å²) < 4.78 is 0. The van der Waals surface area contributed by atoms with E-state index in [1.54, 1.807) is 11.0 Å². The summed E-state index contributed by atoms with van der Waals surface area (Å²) in [5.41, 5.74) is 7.75. The highest BCUT2D eigenvalue weighted by molar-refractivity contribution is 5.98. The van der Waals surface area contributed by atoms with E-state index in [0.717, 1.165) is 30.5 Å². The maximum atomic E-state index is 12.5. The molecule has 1 aliphatic heterocycles. The third kappa shape index (κ3) is 3.42. The normalized spacial score (nSPS) is 17.3. The number of nitrogens with two attached hydrogens (primary N) is 1. The summed E-state index contributed by atoms with van der Waals surface area (Å²) in [7, 11) is 0. The van der Waals surface area contributed by atoms with Crippen molar-refractivity contribution in [2.75, 3.05) is 11.4 Å². The monoisotopic (exact) mass is 329 g/mol. The zero-order valence-electron chi connectivity index (χ0n) is 13.9. The SMILES string of the molecule is CCC(=O)N1CCc2cc(C(=O)N[C@H](CC(N)=O)C3CC3)ccc21. The van der Waals surface area contributed by atoms with E-state index in [1.807, 2.05) is 19.1 Å². The Morgan fingerprint density at radius 2 is 2.08 bits per heavy atom. The maximum Gasteiger partial charge on any atom is 0.251 e. The van der Waals surface area contributed by atoms with Gasteiger partial charge in [-0.1, -0.05) is 6.92 Å². The van der Waals surface area contributed by atoms with Crippen LogP contribution >= 0.6 is 0 Å². The lowest BCUT2D eigenvalue weighted by Gasteiger charge is -2.18. The van der Waals surface area contributed by atoms with Gasteiger partial charge >= 0.3 is 0 Å². The Hall–Kier alpha value is -2.37.